The summed E-state index contributed by atoms with van der Waals surface area (Å²) in [5.74, 6) is 0.812. The van der Waals surface area contributed by atoms with E-state index in [1.165, 1.54) is 5.56 Å². The minimum Gasteiger partial charge on any atom is -0.323 e. The van der Waals surface area contributed by atoms with Crippen LogP contribution in [0.1, 0.15) is 17.2 Å². The van der Waals surface area contributed by atoms with Gasteiger partial charge in [0.1, 0.15) is 0 Å². The maximum absolute atomic E-state index is 6.19. The number of halogens is 1. The van der Waals surface area contributed by atoms with E-state index in [1.807, 2.05) is 36.5 Å². The van der Waals surface area contributed by atoms with Crippen LogP contribution in [0.3, 0.4) is 0 Å². The summed E-state index contributed by atoms with van der Waals surface area (Å²) < 4.78 is 0. The van der Waals surface area contributed by atoms with E-state index in [0.29, 0.717) is 0 Å². The number of thioether (sulfide) groups is 1. The van der Waals surface area contributed by atoms with Crippen LogP contribution in [0.15, 0.2) is 47.6 Å². The van der Waals surface area contributed by atoms with Crippen LogP contribution in [0.25, 0.3) is 0 Å². The number of rotatable bonds is 4. The normalized spacial score (nSPS) is 12.4. The number of nitrogens with zero attached hydrogens (tertiary/aromatic N) is 1. The Hall–Kier alpha value is -1.03. The van der Waals surface area contributed by atoms with Crippen molar-refractivity contribution < 1.29 is 0 Å². The molecule has 94 valence electrons. The molecule has 0 spiro atoms. The van der Waals surface area contributed by atoms with Crippen LogP contribution < -0.4 is 5.73 Å². The predicted molar refractivity (Wildman–Crippen MR) is 78.1 cm³/mol. The van der Waals surface area contributed by atoms with Gasteiger partial charge in [-0.25, -0.2) is 0 Å². The van der Waals surface area contributed by atoms with Gasteiger partial charge < -0.3 is 5.73 Å². The van der Waals surface area contributed by atoms with Crippen LogP contribution in [0.4, 0.5) is 0 Å². The number of pyridine rings is 1. The van der Waals surface area contributed by atoms with Gasteiger partial charge in [-0.3, -0.25) is 4.98 Å². The number of aromatic nitrogens is 1. The first-order valence-electron chi connectivity index (χ1n) is 5.71. The summed E-state index contributed by atoms with van der Waals surface area (Å²) in [6.45, 7) is 2.06. The zero-order chi connectivity index (χ0) is 13.0. The number of hydrogen-bond donors (Lipinski definition) is 1. The second-order valence-corrected chi connectivity index (χ2v) is 5.64. The average Bonchev–Trinajstić information content (AvgIpc) is 2.37. The molecule has 2 N–H and O–H groups in total. The fourth-order valence-corrected chi connectivity index (χ4v) is 2.89. The molecule has 0 amide bonds. The van der Waals surface area contributed by atoms with Crippen LogP contribution in [-0.2, 0) is 0 Å². The van der Waals surface area contributed by atoms with Gasteiger partial charge >= 0.3 is 0 Å². The smallest absolute Gasteiger partial charge is 0.0417 e. The van der Waals surface area contributed by atoms with Crippen molar-refractivity contribution in [2.75, 3.05) is 5.75 Å². The molecule has 18 heavy (non-hydrogen) atoms. The van der Waals surface area contributed by atoms with Gasteiger partial charge in [-0.05, 0) is 42.3 Å². The summed E-state index contributed by atoms with van der Waals surface area (Å²) in [5.41, 5.74) is 8.48. The zero-order valence-electron chi connectivity index (χ0n) is 10.1. The molecule has 2 aromatic rings. The average molecular weight is 279 g/mol. The molecule has 4 heteroatoms. The maximum Gasteiger partial charge on any atom is 0.0417 e. The minimum absolute atomic E-state index is 0.0114. The van der Waals surface area contributed by atoms with E-state index in [9.17, 15) is 0 Å². The highest BCUT2D eigenvalue weighted by molar-refractivity contribution is 7.99. The monoisotopic (exact) mass is 278 g/mol. The van der Waals surface area contributed by atoms with Crippen molar-refractivity contribution in [2.45, 2.75) is 17.9 Å². The summed E-state index contributed by atoms with van der Waals surface area (Å²) in [4.78, 5) is 5.26. The van der Waals surface area contributed by atoms with Crippen LogP contribution in [0.5, 0.6) is 0 Å². The van der Waals surface area contributed by atoms with Crippen molar-refractivity contribution >= 4 is 23.4 Å². The van der Waals surface area contributed by atoms with Gasteiger partial charge in [-0.1, -0.05) is 17.7 Å². The van der Waals surface area contributed by atoms with Crippen LogP contribution in [-0.4, -0.2) is 10.7 Å². The van der Waals surface area contributed by atoms with Crippen molar-refractivity contribution in [1.29, 1.82) is 0 Å². The predicted octanol–water partition coefficient (Wildman–Crippen LogP) is 3.84. The lowest BCUT2D eigenvalue weighted by Gasteiger charge is -2.13. The van der Waals surface area contributed by atoms with Crippen molar-refractivity contribution in [1.82, 2.24) is 4.98 Å². The second kappa shape index (κ2) is 6.23. The summed E-state index contributed by atoms with van der Waals surface area (Å²) in [6.07, 6.45) is 3.63. The standard InChI is InChI=1S/C14H15ClN2S/c1-10-5-6-17-8-13(10)14(16)9-18-12-4-2-3-11(15)7-12/h2-8,14H,9,16H2,1H3. The summed E-state index contributed by atoms with van der Waals surface area (Å²) in [5, 5.41) is 0.756. The van der Waals surface area contributed by atoms with Crippen molar-refractivity contribution in [3.05, 3.63) is 58.9 Å². The Labute approximate surface area is 117 Å². The Bertz CT molecular complexity index is 531. The van der Waals surface area contributed by atoms with Crippen LogP contribution >= 0.6 is 23.4 Å². The molecule has 0 bridgehead atoms. The third-order valence-corrected chi connectivity index (χ3v) is 4.05. The van der Waals surface area contributed by atoms with Crippen LogP contribution in [0.2, 0.25) is 5.02 Å². The molecule has 0 saturated heterocycles. The lowest BCUT2D eigenvalue weighted by Crippen LogP contribution is -2.14. The Morgan fingerprint density at radius 1 is 1.39 bits per heavy atom. The van der Waals surface area contributed by atoms with E-state index in [-0.39, 0.29) is 6.04 Å². The topological polar surface area (TPSA) is 38.9 Å². The summed E-state index contributed by atoms with van der Waals surface area (Å²) >= 11 is 7.66. The second-order valence-electron chi connectivity index (χ2n) is 4.11. The molecule has 1 unspecified atom stereocenters. The highest BCUT2D eigenvalue weighted by atomic mass is 35.5. The van der Waals surface area contributed by atoms with E-state index in [4.69, 9.17) is 17.3 Å². The van der Waals surface area contributed by atoms with E-state index >= 15 is 0 Å². The molecular formula is C14H15ClN2S. The fraction of sp³-hybridized carbons (Fsp3) is 0.214. The highest BCUT2D eigenvalue weighted by Gasteiger charge is 2.09. The first kappa shape index (κ1) is 13.4. The van der Waals surface area contributed by atoms with Gasteiger partial charge in [0.2, 0.25) is 0 Å². The SMILES string of the molecule is Cc1ccncc1C(N)CSc1cccc(Cl)c1. The first-order valence-corrected chi connectivity index (χ1v) is 7.07. The van der Waals surface area contributed by atoms with Crippen molar-refractivity contribution in [2.24, 2.45) is 5.73 Å². The highest BCUT2D eigenvalue weighted by Crippen LogP contribution is 2.26. The van der Waals surface area contributed by atoms with E-state index < -0.39 is 0 Å². The summed E-state index contributed by atoms with van der Waals surface area (Å²) in [6, 6.07) is 9.79. The molecule has 1 aromatic heterocycles. The van der Waals surface area contributed by atoms with Crippen LogP contribution in [0, 0.1) is 6.92 Å². The molecule has 0 fully saturated rings. The molecule has 2 nitrogen and oxygen atoms in total. The third-order valence-electron chi connectivity index (χ3n) is 2.70. The summed E-state index contributed by atoms with van der Waals surface area (Å²) in [7, 11) is 0. The third kappa shape index (κ3) is 3.48. The molecule has 0 radical (unpaired) electrons. The number of benzene rings is 1. The number of nitrogens with two attached hydrogens (primary N) is 1. The molecular weight excluding hydrogens is 264 g/mol. The Kier molecular flexibility index (Phi) is 4.64. The zero-order valence-corrected chi connectivity index (χ0v) is 11.7. The van der Waals surface area contributed by atoms with E-state index in [2.05, 4.69) is 11.9 Å². The number of hydrogen-bond acceptors (Lipinski definition) is 3. The van der Waals surface area contributed by atoms with Gasteiger partial charge in [0.15, 0.2) is 0 Å². The van der Waals surface area contributed by atoms with E-state index in [0.717, 1.165) is 21.2 Å². The molecule has 0 saturated carbocycles. The molecule has 0 aliphatic carbocycles. The molecule has 1 atom stereocenters. The fourth-order valence-electron chi connectivity index (χ4n) is 1.70. The van der Waals surface area contributed by atoms with Crippen molar-refractivity contribution in [3.8, 4) is 0 Å². The molecule has 1 aromatic carbocycles. The van der Waals surface area contributed by atoms with Gasteiger partial charge in [-0.15, -0.1) is 11.8 Å². The maximum atomic E-state index is 6.19. The molecule has 2 rings (SSSR count). The van der Waals surface area contributed by atoms with Gasteiger partial charge in [0.25, 0.3) is 0 Å². The lowest BCUT2D eigenvalue weighted by atomic mass is 10.1. The first-order chi connectivity index (χ1) is 8.66. The Balaban J connectivity index is 2.00. The lowest BCUT2D eigenvalue weighted by molar-refractivity contribution is 0.815. The largest absolute Gasteiger partial charge is 0.323 e. The molecule has 0 aliphatic heterocycles. The quantitative estimate of drug-likeness (QED) is 0.864. The van der Waals surface area contributed by atoms with Gasteiger partial charge in [-0.2, -0.15) is 0 Å². The minimum atomic E-state index is -0.0114. The molecule has 1 heterocycles. The van der Waals surface area contributed by atoms with Gasteiger partial charge in [0.05, 0.1) is 0 Å². The van der Waals surface area contributed by atoms with Gasteiger partial charge in [0, 0.05) is 34.1 Å². The van der Waals surface area contributed by atoms with E-state index in [1.54, 1.807) is 18.0 Å². The molecule has 0 aliphatic rings. The Morgan fingerprint density at radius 2 is 2.22 bits per heavy atom. The Morgan fingerprint density at radius 3 is 2.94 bits per heavy atom. The number of aryl methyl sites for hydroxylation is 1. The van der Waals surface area contributed by atoms with Crippen molar-refractivity contribution in [3.63, 3.8) is 0 Å².